The van der Waals surface area contributed by atoms with Crippen LogP contribution in [-0.2, 0) is 4.84 Å². The first-order chi connectivity index (χ1) is 5.34. The van der Waals surface area contributed by atoms with E-state index in [1.807, 2.05) is 5.34 Å². The van der Waals surface area contributed by atoms with Crippen LogP contribution in [-0.4, -0.2) is 95.1 Å². The van der Waals surface area contributed by atoms with Crippen LogP contribution >= 0.6 is 0 Å². The SMILES string of the molecule is O=NOC(=O)c1ccccc1.[CaH2].[KH]. The van der Waals surface area contributed by atoms with Crippen molar-refractivity contribution in [3.63, 3.8) is 0 Å². The summed E-state index contributed by atoms with van der Waals surface area (Å²) in [5.41, 5.74) is 0.312. The Morgan fingerprint density at radius 1 is 1.23 bits per heavy atom. The molecule has 0 aliphatic rings. The summed E-state index contributed by atoms with van der Waals surface area (Å²) in [6.07, 6.45) is 0. The molecule has 0 atom stereocenters. The number of benzene rings is 1. The Morgan fingerprint density at radius 2 is 1.77 bits per heavy atom. The summed E-state index contributed by atoms with van der Waals surface area (Å²) in [6, 6.07) is 8.16. The van der Waals surface area contributed by atoms with Crippen molar-refractivity contribution in [3.8, 4) is 0 Å². The van der Waals surface area contributed by atoms with E-state index in [4.69, 9.17) is 0 Å². The molecule has 0 aliphatic heterocycles. The minimum atomic E-state index is -0.736. The van der Waals surface area contributed by atoms with Gasteiger partial charge >= 0.3 is 95.1 Å². The van der Waals surface area contributed by atoms with Gasteiger partial charge < -0.3 is 0 Å². The maximum absolute atomic E-state index is 10.7. The summed E-state index contributed by atoms with van der Waals surface area (Å²) >= 11 is 0. The predicted octanol–water partition coefficient (Wildman–Crippen LogP) is -0.0399. The molecule has 0 fully saturated rings. The fourth-order valence-electron chi connectivity index (χ4n) is 0.661. The molecule has 1 aromatic carbocycles. The molecule has 0 bridgehead atoms. The predicted molar refractivity (Wildman–Crippen MR) is 53.3 cm³/mol. The summed E-state index contributed by atoms with van der Waals surface area (Å²) in [5, 5.41) is 2.01. The molecule has 0 unspecified atom stereocenters. The van der Waals surface area contributed by atoms with Crippen LogP contribution in [0.2, 0.25) is 0 Å². The van der Waals surface area contributed by atoms with Gasteiger partial charge in [-0.2, -0.15) is 0 Å². The summed E-state index contributed by atoms with van der Waals surface area (Å²) in [4.78, 5) is 24.1. The molecule has 0 amide bonds. The second-order valence-corrected chi connectivity index (χ2v) is 1.82. The quantitative estimate of drug-likeness (QED) is 0.409. The van der Waals surface area contributed by atoms with Crippen molar-refractivity contribution < 1.29 is 9.63 Å². The van der Waals surface area contributed by atoms with Crippen LogP contribution < -0.4 is 0 Å². The Balaban J connectivity index is 0. The van der Waals surface area contributed by atoms with Gasteiger partial charge in [0, 0.05) is 0 Å². The van der Waals surface area contributed by atoms with Gasteiger partial charge in [-0.1, -0.05) is 18.2 Å². The van der Waals surface area contributed by atoms with Gasteiger partial charge in [-0.05, 0) is 12.1 Å². The van der Waals surface area contributed by atoms with Crippen LogP contribution in [0.3, 0.4) is 0 Å². The third kappa shape index (κ3) is 6.30. The Kier molecular flexibility index (Phi) is 12.4. The number of carbonyl (C=O) groups is 1. The van der Waals surface area contributed by atoms with E-state index in [-0.39, 0.29) is 89.1 Å². The molecule has 0 spiro atoms. The van der Waals surface area contributed by atoms with Gasteiger partial charge in [0.1, 0.15) is 0 Å². The Labute approximate surface area is 148 Å². The van der Waals surface area contributed by atoms with Crippen molar-refractivity contribution in [3.05, 3.63) is 40.8 Å². The molecule has 6 heteroatoms. The zero-order chi connectivity index (χ0) is 8.10. The summed E-state index contributed by atoms with van der Waals surface area (Å²) in [6.45, 7) is 0. The monoisotopic (exact) mass is 233 g/mol. The number of carbonyl (C=O) groups excluding carboxylic acids is 1. The van der Waals surface area contributed by atoms with Crippen molar-refractivity contribution >= 4 is 95.1 Å². The molecule has 0 saturated heterocycles. The molecule has 0 N–H and O–H groups in total. The van der Waals surface area contributed by atoms with Crippen molar-refractivity contribution in [2.24, 2.45) is 5.34 Å². The number of rotatable bonds is 2. The molecule has 13 heavy (non-hydrogen) atoms. The van der Waals surface area contributed by atoms with Crippen LogP contribution in [0.4, 0.5) is 0 Å². The fraction of sp³-hybridized carbons (Fsp3) is 0. The average molecular weight is 233 g/mol. The number of nitrogens with zero attached hydrogens (tertiary/aromatic N) is 1. The van der Waals surface area contributed by atoms with Crippen LogP contribution in [0.5, 0.6) is 0 Å². The molecular weight excluding hydrogens is 225 g/mol. The first-order valence-corrected chi connectivity index (χ1v) is 2.93. The molecule has 0 aliphatic carbocycles. The Morgan fingerprint density at radius 3 is 2.23 bits per heavy atom. The first-order valence-electron chi connectivity index (χ1n) is 2.93. The van der Waals surface area contributed by atoms with E-state index >= 15 is 0 Å². The van der Waals surface area contributed by atoms with Gasteiger partial charge in [-0.15, -0.1) is 4.91 Å². The molecule has 0 aromatic heterocycles. The fourth-order valence-corrected chi connectivity index (χ4v) is 0.661. The van der Waals surface area contributed by atoms with Gasteiger partial charge in [0.05, 0.1) is 5.56 Å². The first kappa shape index (κ1) is 16.6. The Hall–Kier alpha value is 1.19. The normalized spacial score (nSPS) is 7.38. The molecule has 0 radical (unpaired) electrons. The van der Waals surface area contributed by atoms with Crippen molar-refractivity contribution in [1.82, 2.24) is 0 Å². The van der Waals surface area contributed by atoms with Crippen LogP contribution in [0.1, 0.15) is 10.4 Å². The minimum absolute atomic E-state index is 0. The van der Waals surface area contributed by atoms with E-state index < -0.39 is 5.97 Å². The van der Waals surface area contributed by atoms with Gasteiger partial charge in [-0.25, -0.2) is 4.79 Å². The van der Waals surface area contributed by atoms with Gasteiger partial charge in [0.15, 0.2) is 5.34 Å². The van der Waals surface area contributed by atoms with Crippen molar-refractivity contribution in [1.29, 1.82) is 0 Å². The van der Waals surface area contributed by atoms with Gasteiger partial charge in [-0.3, -0.25) is 4.84 Å². The van der Waals surface area contributed by atoms with Crippen LogP contribution in [0.15, 0.2) is 35.7 Å². The zero-order valence-electron chi connectivity index (χ0n) is 5.56. The summed E-state index contributed by atoms with van der Waals surface area (Å²) in [5.74, 6) is -0.736. The van der Waals surface area contributed by atoms with E-state index in [2.05, 4.69) is 4.84 Å². The van der Waals surface area contributed by atoms with Crippen LogP contribution in [0.25, 0.3) is 0 Å². The molecule has 0 saturated carbocycles. The molecule has 1 rings (SSSR count). The molecular formula is C7H8CaKNO3. The number of hydrogen-bond acceptors (Lipinski definition) is 4. The topological polar surface area (TPSA) is 55.7 Å². The molecule has 0 heterocycles. The van der Waals surface area contributed by atoms with E-state index in [1.54, 1.807) is 18.2 Å². The number of hydrogen-bond donors (Lipinski definition) is 0. The second-order valence-electron chi connectivity index (χ2n) is 1.82. The molecule has 4 nitrogen and oxygen atoms in total. The second kappa shape index (κ2) is 9.73. The third-order valence-electron chi connectivity index (χ3n) is 1.13. The van der Waals surface area contributed by atoms with Gasteiger partial charge in [0.25, 0.3) is 0 Å². The van der Waals surface area contributed by atoms with Crippen LogP contribution in [0, 0.1) is 4.91 Å². The van der Waals surface area contributed by atoms with E-state index in [0.717, 1.165) is 0 Å². The van der Waals surface area contributed by atoms with E-state index in [9.17, 15) is 9.70 Å². The average Bonchev–Trinajstić information content (AvgIpc) is 2.07. The standard InChI is InChI=1S/C7H5NO3.Ca.K.3H/c9-7(11-8-10)6-4-2-1-3-5-6;;;;;/h1-5H;;;;;. The zero-order valence-corrected chi connectivity index (χ0v) is 5.56. The van der Waals surface area contributed by atoms with Gasteiger partial charge in [0.2, 0.25) is 0 Å². The van der Waals surface area contributed by atoms with Crippen molar-refractivity contribution in [2.45, 2.75) is 0 Å². The third-order valence-corrected chi connectivity index (χ3v) is 1.13. The summed E-state index contributed by atoms with van der Waals surface area (Å²) in [7, 11) is 0. The summed E-state index contributed by atoms with van der Waals surface area (Å²) < 4.78 is 0. The molecule has 62 valence electrons. The Bertz CT molecular complexity index is 268. The van der Waals surface area contributed by atoms with E-state index in [1.165, 1.54) is 12.1 Å². The molecule has 1 aromatic rings. The van der Waals surface area contributed by atoms with Crippen molar-refractivity contribution in [2.75, 3.05) is 0 Å². The maximum atomic E-state index is 10.7. The van der Waals surface area contributed by atoms with E-state index in [0.29, 0.717) is 5.56 Å².